The summed E-state index contributed by atoms with van der Waals surface area (Å²) in [4.78, 5) is 37.6. The second-order valence-electron chi connectivity index (χ2n) is 13.2. The SMILES string of the molecule is CC(C)(C)C=C(C#N)C(=O)N1CCCC1Cn1c(NC(=O)c2ccc(C(F)F)s2)nc2cc(CNCC(C)(C)C)cnc21. The van der Waals surface area contributed by atoms with Crippen molar-refractivity contribution in [2.24, 2.45) is 10.8 Å². The number of carbonyl (C=O) groups excluding carboxylic acids is 2. The molecular formula is C31H39F2N7O2S. The van der Waals surface area contributed by atoms with Gasteiger partial charge in [0, 0.05) is 32.4 Å². The quantitative estimate of drug-likeness (QED) is 0.217. The zero-order valence-electron chi connectivity index (χ0n) is 25.5. The minimum absolute atomic E-state index is 0.0986. The van der Waals surface area contributed by atoms with Gasteiger partial charge in [-0.2, -0.15) is 5.26 Å². The predicted molar refractivity (Wildman–Crippen MR) is 164 cm³/mol. The molecule has 1 atom stereocenters. The topological polar surface area (TPSA) is 116 Å². The van der Waals surface area contributed by atoms with Crippen LogP contribution in [0.5, 0.6) is 0 Å². The summed E-state index contributed by atoms with van der Waals surface area (Å²) in [5, 5.41) is 15.9. The van der Waals surface area contributed by atoms with Gasteiger partial charge < -0.3 is 10.2 Å². The van der Waals surface area contributed by atoms with Crippen LogP contribution in [0.1, 0.15) is 80.9 Å². The summed E-state index contributed by atoms with van der Waals surface area (Å²) in [6.07, 6.45) is 2.25. The van der Waals surface area contributed by atoms with E-state index in [1.165, 1.54) is 12.1 Å². The van der Waals surface area contributed by atoms with E-state index in [2.05, 4.69) is 47.4 Å². The summed E-state index contributed by atoms with van der Waals surface area (Å²) in [6.45, 7) is 14.4. The van der Waals surface area contributed by atoms with Gasteiger partial charge in [0.25, 0.3) is 18.2 Å². The van der Waals surface area contributed by atoms with Gasteiger partial charge >= 0.3 is 0 Å². The van der Waals surface area contributed by atoms with E-state index in [4.69, 9.17) is 0 Å². The number of alkyl halides is 2. The van der Waals surface area contributed by atoms with Crippen LogP contribution in [0.2, 0.25) is 0 Å². The molecule has 0 bridgehead atoms. The minimum atomic E-state index is -2.66. The number of nitrogens with zero attached hydrogens (tertiary/aromatic N) is 5. The average molecular weight is 612 g/mol. The highest BCUT2D eigenvalue weighted by Gasteiger charge is 2.33. The number of allylic oxidation sites excluding steroid dienone is 1. The Hall–Kier alpha value is -3.69. The van der Waals surface area contributed by atoms with Crippen LogP contribution in [0.4, 0.5) is 14.7 Å². The molecule has 9 nitrogen and oxygen atoms in total. The first-order valence-electron chi connectivity index (χ1n) is 14.3. The third kappa shape index (κ3) is 8.24. The van der Waals surface area contributed by atoms with Gasteiger partial charge in [0.1, 0.15) is 17.2 Å². The van der Waals surface area contributed by atoms with Crippen LogP contribution in [-0.2, 0) is 17.9 Å². The van der Waals surface area contributed by atoms with Crippen molar-refractivity contribution in [3.8, 4) is 6.07 Å². The number of rotatable bonds is 9. The van der Waals surface area contributed by atoms with E-state index in [0.29, 0.717) is 30.7 Å². The maximum absolute atomic E-state index is 13.4. The maximum atomic E-state index is 13.4. The summed E-state index contributed by atoms with van der Waals surface area (Å²) >= 11 is 0.729. The van der Waals surface area contributed by atoms with Gasteiger partial charge in [-0.3, -0.25) is 19.5 Å². The number of nitriles is 1. The summed E-state index contributed by atoms with van der Waals surface area (Å²) < 4.78 is 28.1. The Morgan fingerprint density at radius 3 is 2.60 bits per heavy atom. The zero-order valence-corrected chi connectivity index (χ0v) is 26.3. The van der Waals surface area contributed by atoms with Crippen LogP contribution in [0.15, 0.2) is 36.0 Å². The van der Waals surface area contributed by atoms with Gasteiger partial charge in [0.15, 0.2) is 5.65 Å². The van der Waals surface area contributed by atoms with Crippen molar-refractivity contribution in [3.63, 3.8) is 0 Å². The van der Waals surface area contributed by atoms with Crippen LogP contribution < -0.4 is 10.6 Å². The Kier molecular flexibility index (Phi) is 9.66. The van der Waals surface area contributed by atoms with Crippen molar-refractivity contribution in [2.75, 3.05) is 18.4 Å². The molecule has 43 heavy (non-hydrogen) atoms. The van der Waals surface area contributed by atoms with Crippen LogP contribution in [-0.4, -0.2) is 50.4 Å². The fourth-order valence-corrected chi connectivity index (χ4v) is 5.75. The van der Waals surface area contributed by atoms with Crippen molar-refractivity contribution in [1.82, 2.24) is 24.8 Å². The first kappa shape index (κ1) is 32.2. The molecule has 0 radical (unpaired) electrons. The van der Waals surface area contributed by atoms with Crippen molar-refractivity contribution in [1.29, 1.82) is 5.26 Å². The highest BCUT2D eigenvalue weighted by molar-refractivity contribution is 7.14. The normalized spacial score (nSPS) is 16.2. The van der Waals surface area contributed by atoms with E-state index < -0.39 is 12.3 Å². The number of fused-ring (bicyclic) bond motifs is 1. The summed E-state index contributed by atoms with van der Waals surface area (Å²) in [5.41, 5.74) is 1.87. The number of likely N-dealkylation sites (tertiary alicyclic amines) is 1. The monoisotopic (exact) mass is 611 g/mol. The smallest absolute Gasteiger partial charge is 0.272 e. The number of thiophene rings is 1. The van der Waals surface area contributed by atoms with E-state index in [1.54, 1.807) is 21.7 Å². The molecule has 4 heterocycles. The Morgan fingerprint density at radius 1 is 1.23 bits per heavy atom. The number of nitrogens with one attached hydrogen (secondary N) is 2. The minimum Gasteiger partial charge on any atom is -0.333 e. The molecule has 2 N–H and O–H groups in total. The number of halogens is 2. The Labute approximate surface area is 255 Å². The Balaban J connectivity index is 1.66. The second-order valence-corrected chi connectivity index (χ2v) is 14.3. The number of aromatic nitrogens is 3. The average Bonchev–Trinajstić information content (AvgIpc) is 3.65. The third-order valence-electron chi connectivity index (χ3n) is 6.88. The van der Waals surface area contributed by atoms with Crippen molar-refractivity contribution in [2.45, 2.75) is 79.9 Å². The van der Waals surface area contributed by atoms with E-state index in [1.807, 2.05) is 26.8 Å². The summed E-state index contributed by atoms with van der Waals surface area (Å²) in [7, 11) is 0. The van der Waals surface area contributed by atoms with Gasteiger partial charge in [-0.05, 0) is 47.4 Å². The number of carbonyl (C=O) groups is 2. The Bertz CT molecular complexity index is 1560. The molecule has 1 aliphatic rings. The van der Waals surface area contributed by atoms with Gasteiger partial charge in [0.05, 0.1) is 15.8 Å². The van der Waals surface area contributed by atoms with Crippen LogP contribution in [0, 0.1) is 22.2 Å². The molecule has 0 saturated carbocycles. The maximum Gasteiger partial charge on any atom is 0.272 e. The van der Waals surface area contributed by atoms with Gasteiger partial charge in [-0.1, -0.05) is 47.6 Å². The second kappa shape index (κ2) is 12.9. The zero-order chi connectivity index (χ0) is 31.5. The lowest BCUT2D eigenvalue weighted by atomic mass is 9.93. The molecule has 230 valence electrons. The molecule has 3 aromatic rings. The molecule has 12 heteroatoms. The summed E-state index contributed by atoms with van der Waals surface area (Å²) in [5.74, 6) is -0.669. The molecule has 1 unspecified atom stereocenters. The van der Waals surface area contributed by atoms with Crippen molar-refractivity contribution >= 4 is 40.3 Å². The molecule has 4 rings (SSSR count). The lowest BCUT2D eigenvalue weighted by Gasteiger charge is -2.26. The summed E-state index contributed by atoms with van der Waals surface area (Å²) in [6, 6.07) is 6.32. The van der Waals surface area contributed by atoms with E-state index >= 15 is 0 Å². The number of imidazole rings is 1. The third-order valence-corrected chi connectivity index (χ3v) is 7.97. The lowest BCUT2D eigenvalue weighted by molar-refractivity contribution is -0.127. The van der Waals surface area contributed by atoms with Crippen LogP contribution >= 0.6 is 11.3 Å². The van der Waals surface area contributed by atoms with Gasteiger partial charge in [-0.25, -0.2) is 18.7 Å². The standard InChI is InChI=1S/C31H39F2N7O2S/c1-30(2,3)13-20(14-34)28(42)39-11-7-8-21(39)17-40-26-22(12-19(16-36-26)15-35-18-31(4,5)6)37-29(40)38-27(41)24-10-9-23(43-24)25(32)33/h9-10,12-13,16,21,25,35H,7-8,11,15,17-18H2,1-6H3,(H,37,38,41). The number of hydrogen-bond donors (Lipinski definition) is 2. The fraction of sp³-hybridized carbons (Fsp3) is 0.516. The first-order chi connectivity index (χ1) is 20.1. The van der Waals surface area contributed by atoms with Crippen LogP contribution in [0.3, 0.4) is 0 Å². The predicted octanol–water partition coefficient (Wildman–Crippen LogP) is 6.31. The van der Waals surface area contributed by atoms with E-state index in [0.717, 1.165) is 29.9 Å². The fourth-order valence-electron chi connectivity index (χ4n) is 4.99. The number of pyridine rings is 1. The molecule has 0 aliphatic carbocycles. The molecule has 0 aromatic carbocycles. The van der Waals surface area contributed by atoms with Crippen LogP contribution in [0.25, 0.3) is 11.2 Å². The van der Waals surface area contributed by atoms with Crippen molar-refractivity contribution in [3.05, 3.63) is 51.4 Å². The Morgan fingerprint density at radius 2 is 1.98 bits per heavy atom. The molecule has 2 amide bonds. The highest BCUT2D eigenvalue weighted by atomic mass is 32.1. The lowest BCUT2D eigenvalue weighted by Crippen LogP contribution is -2.39. The highest BCUT2D eigenvalue weighted by Crippen LogP contribution is 2.30. The molecular weight excluding hydrogens is 572 g/mol. The van der Waals surface area contributed by atoms with E-state index in [9.17, 15) is 23.6 Å². The number of amides is 2. The number of hydrogen-bond acceptors (Lipinski definition) is 7. The molecule has 1 saturated heterocycles. The molecule has 0 spiro atoms. The van der Waals surface area contributed by atoms with Crippen molar-refractivity contribution < 1.29 is 18.4 Å². The van der Waals surface area contributed by atoms with Gasteiger partial charge in [-0.15, -0.1) is 11.3 Å². The largest absolute Gasteiger partial charge is 0.333 e. The number of anilines is 1. The molecule has 1 aliphatic heterocycles. The van der Waals surface area contributed by atoms with E-state index in [-0.39, 0.29) is 50.6 Å². The molecule has 1 fully saturated rings. The van der Waals surface area contributed by atoms with Gasteiger partial charge in [0.2, 0.25) is 5.95 Å². The molecule has 3 aromatic heterocycles. The first-order valence-corrected chi connectivity index (χ1v) is 15.2.